The van der Waals surface area contributed by atoms with Gasteiger partial charge in [0.05, 0.1) is 0 Å². The molecule has 0 fully saturated rings. The summed E-state index contributed by atoms with van der Waals surface area (Å²) in [7, 11) is 0. The molecule has 0 heterocycles. The Bertz CT molecular complexity index is 770. The van der Waals surface area contributed by atoms with Gasteiger partial charge in [0, 0.05) is 0 Å². The molecular formula is C24H30. The first-order valence-corrected chi connectivity index (χ1v) is 9.09. The SMILES string of the molecule is C/C(=C\c1ccc(C)cc1)c1ccc2c(c1)C(C)(C)CCC2(C)C. The molecule has 126 valence electrons. The van der Waals surface area contributed by atoms with Gasteiger partial charge in [-0.15, -0.1) is 0 Å². The second kappa shape index (κ2) is 5.92. The fourth-order valence-electron chi connectivity index (χ4n) is 3.83. The van der Waals surface area contributed by atoms with E-state index in [1.165, 1.54) is 46.2 Å². The number of fused-ring (bicyclic) bond motifs is 1. The summed E-state index contributed by atoms with van der Waals surface area (Å²) in [5.41, 5.74) is 8.89. The molecule has 0 aromatic heterocycles. The van der Waals surface area contributed by atoms with Gasteiger partial charge in [0.1, 0.15) is 0 Å². The molecule has 1 aliphatic carbocycles. The number of aryl methyl sites for hydroxylation is 1. The van der Waals surface area contributed by atoms with Crippen LogP contribution in [0, 0.1) is 6.92 Å². The van der Waals surface area contributed by atoms with E-state index in [0.717, 1.165) is 0 Å². The lowest BCUT2D eigenvalue weighted by molar-refractivity contribution is 0.332. The van der Waals surface area contributed by atoms with Crippen LogP contribution < -0.4 is 0 Å². The first-order chi connectivity index (χ1) is 11.2. The van der Waals surface area contributed by atoms with Crippen molar-refractivity contribution in [2.24, 2.45) is 0 Å². The van der Waals surface area contributed by atoms with Crippen molar-refractivity contribution in [1.82, 2.24) is 0 Å². The predicted molar refractivity (Wildman–Crippen MR) is 106 cm³/mol. The van der Waals surface area contributed by atoms with Gasteiger partial charge >= 0.3 is 0 Å². The highest BCUT2D eigenvalue weighted by atomic mass is 14.4. The monoisotopic (exact) mass is 318 g/mol. The Hall–Kier alpha value is -1.82. The molecule has 0 N–H and O–H groups in total. The van der Waals surface area contributed by atoms with Crippen LogP contribution in [-0.4, -0.2) is 0 Å². The minimum absolute atomic E-state index is 0.269. The Morgan fingerprint density at radius 3 is 2.04 bits per heavy atom. The Morgan fingerprint density at radius 1 is 0.833 bits per heavy atom. The first-order valence-electron chi connectivity index (χ1n) is 9.09. The van der Waals surface area contributed by atoms with Gasteiger partial charge in [-0.3, -0.25) is 0 Å². The van der Waals surface area contributed by atoms with Crippen molar-refractivity contribution < 1.29 is 0 Å². The molecule has 0 spiro atoms. The second-order valence-electron chi connectivity index (χ2n) is 8.77. The van der Waals surface area contributed by atoms with E-state index >= 15 is 0 Å². The summed E-state index contributed by atoms with van der Waals surface area (Å²) < 4.78 is 0. The minimum atomic E-state index is 0.269. The Labute approximate surface area is 147 Å². The fraction of sp³-hybridized carbons (Fsp3) is 0.417. The minimum Gasteiger partial charge on any atom is -0.0587 e. The van der Waals surface area contributed by atoms with Gasteiger partial charge in [0.25, 0.3) is 0 Å². The zero-order chi connectivity index (χ0) is 17.5. The van der Waals surface area contributed by atoms with Crippen LogP contribution in [0.2, 0.25) is 0 Å². The molecule has 2 aromatic carbocycles. The number of allylic oxidation sites excluding steroid dienone is 1. The molecule has 0 unspecified atom stereocenters. The molecule has 0 amide bonds. The lowest BCUT2D eigenvalue weighted by atomic mass is 9.63. The van der Waals surface area contributed by atoms with E-state index in [4.69, 9.17) is 0 Å². The van der Waals surface area contributed by atoms with Crippen LogP contribution in [0.1, 0.15) is 75.3 Å². The lowest BCUT2D eigenvalue weighted by Gasteiger charge is -2.42. The van der Waals surface area contributed by atoms with Crippen LogP contribution in [0.15, 0.2) is 42.5 Å². The van der Waals surface area contributed by atoms with Crippen molar-refractivity contribution in [3.8, 4) is 0 Å². The molecule has 0 saturated heterocycles. The predicted octanol–water partition coefficient (Wildman–Crippen LogP) is 6.90. The van der Waals surface area contributed by atoms with Crippen LogP contribution in [0.4, 0.5) is 0 Å². The lowest BCUT2D eigenvalue weighted by Crippen LogP contribution is -2.33. The highest BCUT2D eigenvalue weighted by molar-refractivity contribution is 5.80. The Kier molecular flexibility index (Phi) is 4.20. The summed E-state index contributed by atoms with van der Waals surface area (Å²) in [4.78, 5) is 0. The highest BCUT2D eigenvalue weighted by Gasteiger charge is 2.36. The van der Waals surface area contributed by atoms with Crippen LogP contribution in [-0.2, 0) is 10.8 Å². The quantitative estimate of drug-likeness (QED) is 0.528. The highest BCUT2D eigenvalue weighted by Crippen LogP contribution is 2.46. The fourth-order valence-corrected chi connectivity index (χ4v) is 3.83. The maximum absolute atomic E-state index is 2.44. The normalized spacial score (nSPS) is 19.0. The maximum atomic E-state index is 2.44. The van der Waals surface area contributed by atoms with Crippen molar-refractivity contribution in [1.29, 1.82) is 0 Å². The van der Waals surface area contributed by atoms with Crippen molar-refractivity contribution in [3.05, 3.63) is 70.3 Å². The molecule has 0 radical (unpaired) electrons. The largest absolute Gasteiger partial charge is 0.0587 e. The molecule has 0 aliphatic heterocycles. The Balaban J connectivity index is 2.03. The van der Waals surface area contributed by atoms with Crippen LogP contribution in [0.25, 0.3) is 11.6 Å². The number of hydrogen-bond acceptors (Lipinski definition) is 0. The molecular weight excluding hydrogens is 288 g/mol. The van der Waals surface area contributed by atoms with Gasteiger partial charge in [-0.2, -0.15) is 0 Å². The van der Waals surface area contributed by atoms with Gasteiger partial charge < -0.3 is 0 Å². The van der Waals surface area contributed by atoms with Gasteiger partial charge in [-0.1, -0.05) is 81.8 Å². The summed E-state index contributed by atoms with van der Waals surface area (Å²) in [5, 5.41) is 0. The van der Waals surface area contributed by atoms with Crippen molar-refractivity contribution >= 4 is 11.6 Å². The van der Waals surface area contributed by atoms with E-state index in [1.807, 2.05) is 0 Å². The summed E-state index contributed by atoms with van der Waals surface area (Å²) in [6.07, 6.45) is 4.82. The van der Waals surface area contributed by atoms with Crippen LogP contribution in [0.3, 0.4) is 0 Å². The zero-order valence-corrected chi connectivity index (χ0v) is 16.0. The third-order valence-electron chi connectivity index (χ3n) is 5.77. The topological polar surface area (TPSA) is 0 Å². The smallest absolute Gasteiger partial charge is 0.0100 e. The number of rotatable bonds is 2. The standard InChI is InChI=1S/C24H30/c1-17-7-9-19(10-8-17)15-18(2)20-11-12-21-22(16-20)24(5,6)14-13-23(21,3)4/h7-12,15-16H,13-14H2,1-6H3/b18-15+. The number of benzene rings is 2. The molecule has 0 atom stereocenters. The molecule has 3 rings (SSSR count). The molecule has 2 aromatic rings. The molecule has 0 bridgehead atoms. The van der Waals surface area contributed by atoms with Crippen molar-refractivity contribution in [2.45, 2.75) is 65.2 Å². The summed E-state index contributed by atoms with van der Waals surface area (Å²) in [6.45, 7) is 13.9. The maximum Gasteiger partial charge on any atom is -0.0100 e. The van der Waals surface area contributed by atoms with Crippen molar-refractivity contribution in [3.63, 3.8) is 0 Å². The molecule has 24 heavy (non-hydrogen) atoms. The van der Waals surface area contributed by atoms with E-state index in [1.54, 1.807) is 0 Å². The summed E-state index contributed by atoms with van der Waals surface area (Å²) >= 11 is 0. The zero-order valence-electron chi connectivity index (χ0n) is 16.0. The molecule has 0 saturated carbocycles. The third kappa shape index (κ3) is 3.20. The molecule has 0 heteroatoms. The number of hydrogen-bond donors (Lipinski definition) is 0. The summed E-state index contributed by atoms with van der Waals surface area (Å²) in [6, 6.07) is 15.9. The van der Waals surface area contributed by atoms with Gasteiger partial charge in [-0.25, -0.2) is 0 Å². The Morgan fingerprint density at radius 2 is 1.42 bits per heavy atom. The van der Waals surface area contributed by atoms with E-state index in [0.29, 0.717) is 0 Å². The van der Waals surface area contributed by atoms with Crippen LogP contribution >= 0.6 is 0 Å². The van der Waals surface area contributed by atoms with Gasteiger partial charge in [0.2, 0.25) is 0 Å². The molecule has 0 nitrogen and oxygen atoms in total. The van der Waals surface area contributed by atoms with E-state index < -0.39 is 0 Å². The van der Waals surface area contributed by atoms with E-state index in [2.05, 4.69) is 90.1 Å². The average Bonchev–Trinajstić information content (AvgIpc) is 2.54. The molecule has 1 aliphatic rings. The van der Waals surface area contributed by atoms with Gasteiger partial charge in [0.15, 0.2) is 0 Å². The summed E-state index contributed by atoms with van der Waals surface area (Å²) in [5.74, 6) is 0. The van der Waals surface area contributed by atoms with E-state index in [-0.39, 0.29) is 10.8 Å². The van der Waals surface area contributed by atoms with Gasteiger partial charge in [-0.05, 0) is 65.3 Å². The van der Waals surface area contributed by atoms with E-state index in [9.17, 15) is 0 Å². The van der Waals surface area contributed by atoms with Crippen LogP contribution in [0.5, 0.6) is 0 Å². The average molecular weight is 319 g/mol. The van der Waals surface area contributed by atoms with Crippen molar-refractivity contribution in [2.75, 3.05) is 0 Å². The first kappa shape index (κ1) is 17.0. The third-order valence-corrected chi connectivity index (χ3v) is 5.77. The second-order valence-corrected chi connectivity index (χ2v) is 8.77.